The first-order chi connectivity index (χ1) is 16.0. The predicted molar refractivity (Wildman–Crippen MR) is 136 cm³/mol. The van der Waals surface area contributed by atoms with Gasteiger partial charge in [-0.25, -0.2) is 0 Å². The lowest BCUT2D eigenvalue weighted by Gasteiger charge is -2.22. The number of pyridine rings is 1. The first-order valence-electron chi connectivity index (χ1n) is 11.5. The van der Waals surface area contributed by atoms with Crippen molar-refractivity contribution in [2.75, 3.05) is 24.3 Å². The molecule has 0 unspecified atom stereocenters. The van der Waals surface area contributed by atoms with Crippen LogP contribution in [0.3, 0.4) is 0 Å². The lowest BCUT2D eigenvalue weighted by molar-refractivity contribution is 0.0845. The van der Waals surface area contributed by atoms with E-state index in [-0.39, 0.29) is 11.7 Å². The quantitative estimate of drug-likeness (QED) is 0.378. The molecule has 0 bridgehead atoms. The third-order valence-electron chi connectivity index (χ3n) is 5.18. The van der Waals surface area contributed by atoms with Gasteiger partial charge in [-0.3, -0.25) is 14.9 Å². The second-order valence-electron chi connectivity index (χ2n) is 7.09. The molecule has 2 aromatic heterocycles. The summed E-state index contributed by atoms with van der Waals surface area (Å²) < 4.78 is 5.46. The van der Waals surface area contributed by atoms with Crippen LogP contribution in [0, 0.1) is 6.92 Å². The molecule has 8 heteroatoms. The normalized spacial score (nSPS) is 13.3. The second kappa shape index (κ2) is 13.0. The van der Waals surface area contributed by atoms with Crippen molar-refractivity contribution in [2.24, 2.45) is 0 Å². The Labute approximate surface area is 201 Å². The van der Waals surface area contributed by atoms with E-state index in [1.54, 1.807) is 30.5 Å². The van der Waals surface area contributed by atoms with Crippen LogP contribution in [-0.4, -0.2) is 34.2 Å². The molecule has 3 aromatic rings. The Balaban J connectivity index is 0.000000914. The minimum atomic E-state index is -0.213. The molecule has 3 heterocycles. The fourth-order valence-electron chi connectivity index (χ4n) is 3.42. The Kier molecular flexibility index (Phi) is 10.4. The topological polar surface area (TPSA) is 106 Å². The Bertz CT molecular complexity index is 1050. The highest BCUT2D eigenvalue weighted by atomic mass is 35.5. The molecular formula is C25H34ClN5O2. The van der Waals surface area contributed by atoms with Crippen LogP contribution < -0.4 is 11.1 Å². The third kappa shape index (κ3) is 6.33. The van der Waals surface area contributed by atoms with E-state index in [2.05, 4.69) is 20.5 Å². The van der Waals surface area contributed by atoms with E-state index >= 15 is 0 Å². The molecule has 7 nitrogen and oxygen atoms in total. The molecule has 0 atom stereocenters. The number of nitrogens with one attached hydrogen (secondary N) is 2. The highest BCUT2D eigenvalue weighted by Crippen LogP contribution is 2.32. The van der Waals surface area contributed by atoms with Crippen LogP contribution in [0.5, 0.6) is 0 Å². The molecule has 178 valence electrons. The van der Waals surface area contributed by atoms with Crippen molar-refractivity contribution < 1.29 is 9.53 Å². The van der Waals surface area contributed by atoms with Crippen molar-refractivity contribution in [3.05, 3.63) is 64.1 Å². The molecular weight excluding hydrogens is 438 g/mol. The van der Waals surface area contributed by atoms with Gasteiger partial charge in [-0.1, -0.05) is 51.4 Å². The summed E-state index contributed by atoms with van der Waals surface area (Å²) in [6.07, 6.45) is 3.40. The molecule has 33 heavy (non-hydrogen) atoms. The largest absolute Gasteiger partial charge is 0.394 e. The first-order valence-corrected chi connectivity index (χ1v) is 11.9. The number of nitrogens with two attached hydrogens (primary N) is 1. The number of aromatic amines is 1. The number of anilines is 3. The number of ether oxygens (including phenoxy) is 1. The molecule has 1 fully saturated rings. The van der Waals surface area contributed by atoms with E-state index in [1.807, 2.05) is 40.7 Å². The van der Waals surface area contributed by atoms with Crippen LogP contribution in [0.2, 0.25) is 5.02 Å². The Morgan fingerprint density at radius 3 is 2.42 bits per heavy atom. The number of halogens is 1. The van der Waals surface area contributed by atoms with Crippen LogP contribution in [-0.2, 0) is 4.74 Å². The number of carbonyl (C=O) groups excluding carboxylic acids is 1. The molecule has 0 saturated carbocycles. The van der Waals surface area contributed by atoms with Gasteiger partial charge in [0.1, 0.15) is 0 Å². The number of hydrogen-bond acceptors (Lipinski definition) is 6. The number of benzene rings is 1. The predicted octanol–water partition coefficient (Wildman–Crippen LogP) is 6.27. The van der Waals surface area contributed by atoms with Crippen molar-refractivity contribution in [2.45, 2.75) is 53.4 Å². The van der Waals surface area contributed by atoms with Crippen molar-refractivity contribution >= 4 is 34.6 Å². The number of aromatic nitrogens is 3. The number of aryl methyl sites for hydroxylation is 1. The first kappa shape index (κ1) is 26.4. The van der Waals surface area contributed by atoms with Gasteiger partial charge in [-0.2, -0.15) is 5.10 Å². The van der Waals surface area contributed by atoms with Crippen LogP contribution in [0.1, 0.15) is 73.8 Å². The second-order valence-corrected chi connectivity index (χ2v) is 7.49. The fraction of sp³-hybridized carbons (Fsp3) is 0.400. The average molecular weight is 472 g/mol. The maximum atomic E-state index is 13.2. The highest BCUT2D eigenvalue weighted by Gasteiger charge is 2.23. The SMILES string of the molecule is CC.CC.Cc1[nH]nc(Nc2cc(C3CCOCC3)ncc2C(=O)c2ccccc2Cl)c1N. The molecule has 0 amide bonds. The lowest BCUT2D eigenvalue weighted by atomic mass is 9.94. The van der Waals surface area contributed by atoms with Gasteiger partial charge in [-0.05, 0) is 38.0 Å². The zero-order chi connectivity index (χ0) is 24.4. The number of H-pyrrole nitrogens is 1. The molecule has 1 aliphatic heterocycles. The van der Waals surface area contributed by atoms with Crippen LogP contribution in [0.25, 0.3) is 0 Å². The zero-order valence-corrected chi connectivity index (χ0v) is 20.8. The van der Waals surface area contributed by atoms with Gasteiger partial charge < -0.3 is 15.8 Å². The van der Waals surface area contributed by atoms with Crippen molar-refractivity contribution in [1.82, 2.24) is 15.2 Å². The third-order valence-corrected chi connectivity index (χ3v) is 5.50. The standard InChI is InChI=1S/C21H22ClN5O2.2C2H6/c1-12-19(23)21(27-26-12)25-18-10-17(13-6-8-29-9-7-13)24-11-15(18)20(28)14-4-2-3-5-16(14)22;2*1-2/h2-5,10-11,13H,6-9,23H2,1H3,(H2,24,25,26,27);2*1-2H3. The summed E-state index contributed by atoms with van der Waals surface area (Å²) >= 11 is 6.25. The maximum absolute atomic E-state index is 13.2. The van der Waals surface area contributed by atoms with Gasteiger partial charge in [0.05, 0.1) is 27.7 Å². The molecule has 0 aliphatic carbocycles. The lowest BCUT2D eigenvalue weighted by Crippen LogP contribution is -2.16. The summed E-state index contributed by atoms with van der Waals surface area (Å²) in [6.45, 7) is 11.3. The minimum Gasteiger partial charge on any atom is -0.394 e. The summed E-state index contributed by atoms with van der Waals surface area (Å²) in [5.74, 6) is 0.543. The van der Waals surface area contributed by atoms with Crippen molar-refractivity contribution in [3.8, 4) is 0 Å². The van der Waals surface area contributed by atoms with E-state index in [4.69, 9.17) is 22.1 Å². The number of nitrogens with zero attached hydrogens (tertiary/aromatic N) is 2. The summed E-state index contributed by atoms with van der Waals surface area (Å²) in [6, 6.07) is 8.88. The number of rotatable bonds is 5. The van der Waals surface area contributed by atoms with Crippen LogP contribution in [0.15, 0.2) is 36.5 Å². The van der Waals surface area contributed by atoms with Gasteiger partial charge in [0.2, 0.25) is 0 Å². The summed E-state index contributed by atoms with van der Waals surface area (Å²) in [7, 11) is 0. The zero-order valence-electron chi connectivity index (χ0n) is 20.0. The van der Waals surface area contributed by atoms with Crippen molar-refractivity contribution in [1.29, 1.82) is 0 Å². The van der Waals surface area contributed by atoms with E-state index in [0.717, 1.165) is 24.2 Å². The number of hydrogen-bond donors (Lipinski definition) is 3. The van der Waals surface area contributed by atoms with Crippen LogP contribution in [0.4, 0.5) is 17.2 Å². The van der Waals surface area contributed by atoms with Gasteiger partial charge in [0, 0.05) is 36.6 Å². The number of ketones is 1. The minimum absolute atomic E-state index is 0.213. The Hall–Kier alpha value is -2.90. The van der Waals surface area contributed by atoms with Crippen LogP contribution >= 0.6 is 11.6 Å². The summed E-state index contributed by atoms with van der Waals surface area (Å²) in [5, 5.41) is 10.7. The van der Waals surface area contributed by atoms with Gasteiger partial charge in [0.25, 0.3) is 0 Å². The molecule has 1 saturated heterocycles. The highest BCUT2D eigenvalue weighted by molar-refractivity contribution is 6.35. The van der Waals surface area contributed by atoms with Gasteiger partial charge >= 0.3 is 0 Å². The van der Waals surface area contributed by atoms with Crippen molar-refractivity contribution in [3.63, 3.8) is 0 Å². The Morgan fingerprint density at radius 1 is 1.15 bits per heavy atom. The monoisotopic (exact) mass is 471 g/mol. The van der Waals surface area contributed by atoms with E-state index in [9.17, 15) is 4.79 Å². The molecule has 4 N–H and O–H groups in total. The number of nitrogen functional groups attached to an aromatic ring is 1. The van der Waals surface area contributed by atoms with E-state index in [1.165, 1.54) is 0 Å². The summed E-state index contributed by atoms with van der Waals surface area (Å²) in [4.78, 5) is 17.8. The summed E-state index contributed by atoms with van der Waals surface area (Å²) in [5.41, 5.74) is 9.71. The van der Waals surface area contributed by atoms with Gasteiger partial charge in [-0.15, -0.1) is 0 Å². The molecule has 1 aliphatic rings. The molecule has 1 aromatic carbocycles. The Morgan fingerprint density at radius 2 is 1.82 bits per heavy atom. The van der Waals surface area contributed by atoms with E-state index < -0.39 is 0 Å². The molecule has 0 radical (unpaired) electrons. The maximum Gasteiger partial charge on any atom is 0.198 e. The molecule has 0 spiro atoms. The molecule has 4 rings (SSSR count). The average Bonchev–Trinajstić information content (AvgIpc) is 3.19. The van der Waals surface area contributed by atoms with Gasteiger partial charge in [0.15, 0.2) is 11.6 Å². The smallest absolute Gasteiger partial charge is 0.198 e. The number of carbonyl (C=O) groups is 1. The fourth-order valence-corrected chi connectivity index (χ4v) is 3.65. The van der Waals surface area contributed by atoms with E-state index in [0.29, 0.717) is 46.6 Å².